The molecule has 0 N–H and O–H groups in total. The first-order chi connectivity index (χ1) is 8.88. The van der Waals surface area contributed by atoms with Crippen LogP contribution in [-0.2, 0) is 14.3 Å². The first-order valence-corrected chi connectivity index (χ1v) is 6.85. The summed E-state index contributed by atoms with van der Waals surface area (Å²) in [5.74, 6) is -1.20. The van der Waals surface area contributed by atoms with Crippen molar-refractivity contribution in [3.05, 3.63) is 23.8 Å². The van der Waals surface area contributed by atoms with E-state index in [1.165, 1.54) is 12.5 Å². The van der Waals surface area contributed by atoms with Gasteiger partial charge in [0.15, 0.2) is 0 Å². The zero-order chi connectivity index (χ0) is 14.8. The minimum absolute atomic E-state index is 0.131. The predicted octanol–water partition coefficient (Wildman–Crippen LogP) is 3.84. The number of rotatable bonds is 9. The third-order valence-corrected chi connectivity index (χ3v) is 2.89. The van der Waals surface area contributed by atoms with E-state index in [1.54, 1.807) is 6.92 Å². The van der Waals surface area contributed by atoms with Gasteiger partial charge in [-0.3, -0.25) is 9.59 Å². The summed E-state index contributed by atoms with van der Waals surface area (Å²) in [5.41, 5.74) is 2.24. The van der Waals surface area contributed by atoms with Crippen LogP contribution in [0.1, 0.15) is 53.4 Å². The SMILES string of the molecule is C=C(C)CCCC=C(C)CC(C(C)=O)C(=O)OCC. The van der Waals surface area contributed by atoms with Crippen LogP contribution in [0.15, 0.2) is 23.8 Å². The zero-order valence-corrected chi connectivity index (χ0v) is 12.6. The number of allylic oxidation sites excluding steroid dienone is 3. The van der Waals surface area contributed by atoms with Crippen LogP contribution in [0.3, 0.4) is 0 Å². The maximum absolute atomic E-state index is 11.7. The fraction of sp³-hybridized carbons (Fsp3) is 0.625. The molecule has 0 aromatic heterocycles. The molecule has 0 saturated carbocycles. The number of ether oxygens (including phenoxy) is 1. The minimum Gasteiger partial charge on any atom is -0.465 e. The molecular weight excluding hydrogens is 240 g/mol. The van der Waals surface area contributed by atoms with Crippen LogP contribution in [0, 0.1) is 5.92 Å². The van der Waals surface area contributed by atoms with Crippen LogP contribution in [0.5, 0.6) is 0 Å². The molecule has 0 heterocycles. The van der Waals surface area contributed by atoms with Crippen LogP contribution in [0.2, 0.25) is 0 Å². The number of hydrogen-bond donors (Lipinski definition) is 0. The molecule has 0 fully saturated rings. The van der Waals surface area contributed by atoms with E-state index in [-0.39, 0.29) is 5.78 Å². The maximum Gasteiger partial charge on any atom is 0.316 e. The first-order valence-electron chi connectivity index (χ1n) is 6.85. The molecule has 0 aliphatic rings. The summed E-state index contributed by atoms with van der Waals surface area (Å²) >= 11 is 0. The van der Waals surface area contributed by atoms with Crippen molar-refractivity contribution >= 4 is 11.8 Å². The molecule has 0 aliphatic carbocycles. The molecule has 108 valence electrons. The molecule has 0 bridgehead atoms. The molecule has 0 aliphatic heterocycles. The standard InChI is InChI=1S/C16H26O3/c1-6-19-16(18)15(14(5)17)11-13(4)10-8-7-9-12(2)3/h10,15H,2,6-9,11H2,1,3-5H3. The number of carbonyl (C=O) groups is 2. The maximum atomic E-state index is 11.7. The predicted molar refractivity (Wildman–Crippen MR) is 77.8 cm³/mol. The molecule has 1 atom stereocenters. The van der Waals surface area contributed by atoms with Crippen molar-refractivity contribution in [2.24, 2.45) is 5.92 Å². The summed E-state index contributed by atoms with van der Waals surface area (Å²) in [6.45, 7) is 11.3. The van der Waals surface area contributed by atoms with E-state index in [9.17, 15) is 9.59 Å². The van der Waals surface area contributed by atoms with Crippen molar-refractivity contribution in [1.29, 1.82) is 0 Å². The molecular formula is C16H26O3. The number of ketones is 1. The van der Waals surface area contributed by atoms with Gasteiger partial charge in [0.1, 0.15) is 11.7 Å². The van der Waals surface area contributed by atoms with Gasteiger partial charge in [-0.2, -0.15) is 0 Å². The van der Waals surface area contributed by atoms with Gasteiger partial charge >= 0.3 is 5.97 Å². The lowest BCUT2D eigenvalue weighted by atomic mass is 9.95. The summed E-state index contributed by atoms with van der Waals surface area (Å²) in [7, 11) is 0. The van der Waals surface area contributed by atoms with Crippen molar-refractivity contribution in [3.63, 3.8) is 0 Å². The number of carbonyl (C=O) groups excluding carboxylic acids is 2. The van der Waals surface area contributed by atoms with Gasteiger partial charge in [0.05, 0.1) is 6.61 Å². The Morgan fingerprint density at radius 1 is 1.26 bits per heavy atom. The highest BCUT2D eigenvalue weighted by Crippen LogP contribution is 2.16. The number of Topliss-reactive ketones (excluding diaryl/α,β-unsaturated/α-hetero) is 1. The van der Waals surface area contributed by atoms with Crippen LogP contribution < -0.4 is 0 Å². The number of esters is 1. The molecule has 0 spiro atoms. The van der Waals surface area contributed by atoms with Crippen molar-refractivity contribution in [2.75, 3.05) is 6.61 Å². The average Bonchev–Trinajstić information content (AvgIpc) is 2.31. The molecule has 3 nitrogen and oxygen atoms in total. The molecule has 0 amide bonds. The van der Waals surface area contributed by atoms with Crippen LogP contribution in [0.4, 0.5) is 0 Å². The Morgan fingerprint density at radius 2 is 1.89 bits per heavy atom. The fourth-order valence-electron chi connectivity index (χ4n) is 1.79. The minimum atomic E-state index is -0.655. The van der Waals surface area contributed by atoms with Crippen LogP contribution in [0.25, 0.3) is 0 Å². The Bertz CT molecular complexity index is 353. The lowest BCUT2D eigenvalue weighted by molar-refractivity contribution is -0.151. The highest BCUT2D eigenvalue weighted by Gasteiger charge is 2.24. The van der Waals surface area contributed by atoms with E-state index in [0.717, 1.165) is 24.8 Å². The van der Waals surface area contributed by atoms with E-state index in [1.807, 2.05) is 13.8 Å². The molecule has 0 rings (SSSR count). The second kappa shape index (κ2) is 9.54. The third-order valence-electron chi connectivity index (χ3n) is 2.89. The first kappa shape index (κ1) is 17.6. The highest BCUT2D eigenvalue weighted by molar-refractivity contribution is 5.97. The number of unbranched alkanes of at least 4 members (excludes halogenated alkanes) is 1. The van der Waals surface area contributed by atoms with Gasteiger partial charge < -0.3 is 4.74 Å². The fourth-order valence-corrected chi connectivity index (χ4v) is 1.79. The van der Waals surface area contributed by atoms with Gasteiger partial charge in [-0.25, -0.2) is 0 Å². The van der Waals surface area contributed by atoms with Gasteiger partial charge in [0.2, 0.25) is 0 Å². The lowest BCUT2D eigenvalue weighted by Gasteiger charge is -2.12. The summed E-state index contributed by atoms with van der Waals surface area (Å²) in [6, 6.07) is 0. The summed E-state index contributed by atoms with van der Waals surface area (Å²) in [5, 5.41) is 0. The molecule has 0 aromatic carbocycles. The molecule has 0 radical (unpaired) electrons. The lowest BCUT2D eigenvalue weighted by Crippen LogP contribution is -2.24. The Labute approximate surface area is 116 Å². The van der Waals surface area contributed by atoms with E-state index in [0.29, 0.717) is 13.0 Å². The smallest absolute Gasteiger partial charge is 0.316 e. The molecule has 3 heteroatoms. The van der Waals surface area contributed by atoms with Crippen LogP contribution in [-0.4, -0.2) is 18.4 Å². The molecule has 19 heavy (non-hydrogen) atoms. The van der Waals surface area contributed by atoms with Crippen molar-refractivity contribution in [3.8, 4) is 0 Å². The Kier molecular flexibility index (Phi) is 8.84. The van der Waals surface area contributed by atoms with Gasteiger partial charge in [-0.05, 0) is 53.4 Å². The quantitative estimate of drug-likeness (QED) is 0.276. The summed E-state index contributed by atoms with van der Waals surface area (Å²) < 4.78 is 4.92. The van der Waals surface area contributed by atoms with Gasteiger partial charge in [-0.1, -0.05) is 17.2 Å². The summed E-state index contributed by atoms with van der Waals surface area (Å²) in [4.78, 5) is 23.1. The Hall–Kier alpha value is -1.38. The highest BCUT2D eigenvalue weighted by atomic mass is 16.5. The zero-order valence-electron chi connectivity index (χ0n) is 12.6. The summed E-state index contributed by atoms with van der Waals surface area (Å²) in [6.07, 6.45) is 5.57. The third kappa shape index (κ3) is 8.36. The number of hydrogen-bond acceptors (Lipinski definition) is 3. The molecule has 0 saturated heterocycles. The van der Waals surface area contributed by atoms with Gasteiger partial charge in [0, 0.05) is 0 Å². The second-order valence-electron chi connectivity index (χ2n) is 5.02. The monoisotopic (exact) mass is 266 g/mol. The van der Waals surface area contributed by atoms with Crippen LogP contribution >= 0.6 is 0 Å². The average molecular weight is 266 g/mol. The second-order valence-corrected chi connectivity index (χ2v) is 5.02. The van der Waals surface area contributed by atoms with Crippen molar-refractivity contribution < 1.29 is 14.3 Å². The van der Waals surface area contributed by atoms with E-state index in [2.05, 4.69) is 12.7 Å². The van der Waals surface area contributed by atoms with E-state index >= 15 is 0 Å². The topological polar surface area (TPSA) is 43.4 Å². The van der Waals surface area contributed by atoms with E-state index in [4.69, 9.17) is 4.74 Å². The Balaban J connectivity index is 4.34. The van der Waals surface area contributed by atoms with Crippen molar-refractivity contribution in [2.45, 2.75) is 53.4 Å². The van der Waals surface area contributed by atoms with Gasteiger partial charge in [0.25, 0.3) is 0 Å². The molecule has 0 aromatic rings. The normalized spacial score (nSPS) is 12.9. The van der Waals surface area contributed by atoms with Gasteiger partial charge in [-0.15, -0.1) is 6.58 Å². The molecule has 1 unspecified atom stereocenters. The Morgan fingerprint density at radius 3 is 2.37 bits per heavy atom. The largest absolute Gasteiger partial charge is 0.465 e. The van der Waals surface area contributed by atoms with Crippen molar-refractivity contribution in [1.82, 2.24) is 0 Å². The van der Waals surface area contributed by atoms with E-state index < -0.39 is 11.9 Å².